The molecule has 2 atom stereocenters. The molecule has 0 aliphatic rings. The van der Waals surface area contributed by atoms with Crippen LogP contribution in [0.2, 0.25) is 0 Å². The van der Waals surface area contributed by atoms with Gasteiger partial charge in [-0.15, -0.1) is 0 Å². The molecule has 0 saturated heterocycles. The Hall–Kier alpha value is -0.370. The number of Topliss-reactive ketones (excluding diaryl/α,β-unsaturated/α-hetero) is 1. The fraction of sp³-hybridized carbons (Fsp3) is 0.909. The molecule has 0 radical (unpaired) electrons. The van der Waals surface area contributed by atoms with Crippen molar-refractivity contribution in [1.29, 1.82) is 0 Å². The van der Waals surface area contributed by atoms with Crippen molar-refractivity contribution in [3.8, 4) is 0 Å². The average Bonchev–Trinajstić information content (AvgIpc) is 2.01. The molecule has 0 saturated carbocycles. The van der Waals surface area contributed by atoms with Crippen LogP contribution < -0.4 is 0 Å². The lowest BCUT2D eigenvalue weighted by Gasteiger charge is -2.29. The highest BCUT2D eigenvalue weighted by Crippen LogP contribution is 2.25. The van der Waals surface area contributed by atoms with Crippen LogP contribution in [0, 0.1) is 11.3 Å². The topological polar surface area (TPSA) is 26.3 Å². The summed E-state index contributed by atoms with van der Waals surface area (Å²) in [5, 5.41) is 0. The molecule has 0 aromatic rings. The SMILES string of the molecule is CCC(C)C(=O)C(OC)C(C)(C)C. The van der Waals surface area contributed by atoms with Gasteiger partial charge in [0.15, 0.2) is 5.78 Å². The lowest BCUT2D eigenvalue weighted by molar-refractivity contribution is -0.138. The van der Waals surface area contributed by atoms with Gasteiger partial charge in [-0.05, 0) is 11.8 Å². The first-order valence-corrected chi connectivity index (χ1v) is 4.91. The Kier molecular flexibility index (Phi) is 4.62. The van der Waals surface area contributed by atoms with E-state index >= 15 is 0 Å². The van der Waals surface area contributed by atoms with Crippen molar-refractivity contribution in [1.82, 2.24) is 0 Å². The number of carbonyl (C=O) groups is 1. The second-order valence-corrected chi connectivity index (χ2v) is 4.69. The van der Waals surface area contributed by atoms with Gasteiger partial charge in [-0.2, -0.15) is 0 Å². The Balaban J connectivity index is 4.51. The summed E-state index contributed by atoms with van der Waals surface area (Å²) in [6.45, 7) is 10.1. The van der Waals surface area contributed by atoms with Crippen LogP contribution in [0.5, 0.6) is 0 Å². The Bertz CT molecular complexity index is 167. The maximum Gasteiger partial charge on any atom is 0.164 e. The largest absolute Gasteiger partial charge is 0.373 e. The summed E-state index contributed by atoms with van der Waals surface area (Å²) < 4.78 is 5.25. The molecule has 0 rings (SSSR count). The van der Waals surface area contributed by atoms with Crippen LogP contribution in [0.1, 0.15) is 41.0 Å². The van der Waals surface area contributed by atoms with E-state index in [9.17, 15) is 4.79 Å². The number of hydrogen-bond donors (Lipinski definition) is 0. The van der Waals surface area contributed by atoms with Gasteiger partial charge in [0.05, 0.1) is 0 Å². The van der Waals surface area contributed by atoms with E-state index < -0.39 is 0 Å². The van der Waals surface area contributed by atoms with Gasteiger partial charge >= 0.3 is 0 Å². The zero-order valence-corrected chi connectivity index (χ0v) is 9.68. The highest BCUT2D eigenvalue weighted by Gasteiger charge is 2.33. The van der Waals surface area contributed by atoms with Gasteiger partial charge < -0.3 is 4.74 Å². The number of rotatable bonds is 4. The maximum atomic E-state index is 11.8. The summed E-state index contributed by atoms with van der Waals surface area (Å²) >= 11 is 0. The molecule has 2 unspecified atom stereocenters. The fourth-order valence-electron chi connectivity index (χ4n) is 1.36. The van der Waals surface area contributed by atoms with Crippen LogP contribution >= 0.6 is 0 Å². The second kappa shape index (κ2) is 4.75. The van der Waals surface area contributed by atoms with Crippen molar-refractivity contribution in [2.75, 3.05) is 7.11 Å². The predicted octanol–water partition coefficient (Wildman–Crippen LogP) is 2.66. The van der Waals surface area contributed by atoms with Crippen LogP contribution in [0.4, 0.5) is 0 Å². The number of carbonyl (C=O) groups excluding carboxylic acids is 1. The van der Waals surface area contributed by atoms with Crippen molar-refractivity contribution in [3.05, 3.63) is 0 Å². The normalized spacial score (nSPS) is 16.8. The van der Waals surface area contributed by atoms with Crippen LogP contribution in [-0.4, -0.2) is 19.0 Å². The summed E-state index contributed by atoms with van der Waals surface area (Å²) in [5.74, 6) is 0.321. The van der Waals surface area contributed by atoms with Gasteiger partial charge in [-0.1, -0.05) is 34.6 Å². The van der Waals surface area contributed by atoms with Crippen molar-refractivity contribution >= 4 is 5.78 Å². The third-order valence-corrected chi connectivity index (χ3v) is 2.38. The summed E-state index contributed by atoms with van der Waals surface area (Å²) in [6.07, 6.45) is 0.608. The lowest BCUT2D eigenvalue weighted by atomic mass is 9.82. The van der Waals surface area contributed by atoms with Crippen molar-refractivity contribution in [2.45, 2.75) is 47.1 Å². The number of ether oxygens (including phenoxy) is 1. The molecule has 13 heavy (non-hydrogen) atoms. The van der Waals surface area contributed by atoms with Crippen LogP contribution in [-0.2, 0) is 9.53 Å². The molecule has 0 aliphatic carbocycles. The highest BCUT2D eigenvalue weighted by atomic mass is 16.5. The standard InChI is InChI=1S/C11H22O2/c1-7-8(2)9(12)10(13-6)11(3,4)5/h8,10H,7H2,1-6H3. The van der Waals surface area contributed by atoms with E-state index in [0.29, 0.717) is 0 Å². The molecule has 0 aromatic heterocycles. The maximum absolute atomic E-state index is 11.8. The molecule has 0 amide bonds. The van der Waals surface area contributed by atoms with Crippen molar-refractivity contribution < 1.29 is 9.53 Å². The minimum Gasteiger partial charge on any atom is -0.373 e. The average molecular weight is 186 g/mol. The third-order valence-electron chi connectivity index (χ3n) is 2.38. The summed E-state index contributed by atoms with van der Waals surface area (Å²) in [5.41, 5.74) is -0.102. The first-order chi connectivity index (χ1) is 5.84. The number of ketones is 1. The van der Waals surface area contributed by atoms with E-state index in [-0.39, 0.29) is 23.2 Å². The zero-order chi connectivity index (χ0) is 10.6. The summed E-state index contributed by atoms with van der Waals surface area (Å²) in [4.78, 5) is 11.8. The van der Waals surface area contributed by atoms with E-state index in [2.05, 4.69) is 0 Å². The molecule has 0 heterocycles. The van der Waals surface area contributed by atoms with E-state index in [1.165, 1.54) is 0 Å². The molecule has 0 aromatic carbocycles. The van der Waals surface area contributed by atoms with Crippen LogP contribution in [0.25, 0.3) is 0 Å². The summed E-state index contributed by atoms with van der Waals surface area (Å²) in [7, 11) is 1.61. The van der Waals surface area contributed by atoms with Gasteiger partial charge in [-0.25, -0.2) is 0 Å². The summed E-state index contributed by atoms with van der Waals surface area (Å²) in [6, 6.07) is 0. The Morgan fingerprint density at radius 1 is 1.38 bits per heavy atom. The first kappa shape index (κ1) is 12.6. The van der Waals surface area contributed by atoms with E-state index in [4.69, 9.17) is 4.74 Å². The predicted molar refractivity (Wildman–Crippen MR) is 54.7 cm³/mol. The van der Waals surface area contributed by atoms with Gasteiger partial charge in [0.1, 0.15) is 6.10 Å². The third kappa shape index (κ3) is 3.47. The van der Waals surface area contributed by atoms with E-state index in [1.54, 1.807) is 7.11 Å². The fourth-order valence-corrected chi connectivity index (χ4v) is 1.36. The Morgan fingerprint density at radius 2 is 1.85 bits per heavy atom. The first-order valence-electron chi connectivity index (χ1n) is 4.91. The second-order valence-electron chi connectivity index (χ2n) is 4.69. The molecular formula is C11H22O2. The Morgan fingerprint density at radius 3 is 2.08 bits per heavy atom. The number of methoxy groups -OCH3 is 1. The van der Waals surface area contributed by atoms with Gasteiger partial charge in [-0.3, -0.25) is 4.79 Å². The minimum absolute atomic E-state index is 0.101. The van der Waals surface area contributed by atoms with E-state index in [0.717, 1.165) is 6.42 Å². The molecule has 0 bridgehead atoms. The van der Waals surface area contributed by atoms with Crippen molar-refractivity contribution in [3.63, 3.8) is 0 Å². The lowest BCUT2D eigenvalue weighted by Crippen LogP contribution is -2.39. The molecule has 2 heteroatoms. The van der Waals surface area contributed by atoms with Crippen LogP contribution in [0.3, 0.4) is 0 Å². The van der Waals surface area contributed by atoms with Crippen LogP contribution in [0.15, 0.2) is 0 Å². The Labute approximate surface area is 81.7 Å². The molecule has 0 aliphatic heterocycles. The smallest absolute Gasteiger partial charge is 0.164 e. The molecule has 78 valence electrons. The highest BCUT2D eigenvalue weighted by molar-refractivity contribution is 5.85. The molecular weight excluding hydrogens is 164 g/mol. The molecule has 0 N–H and O–H groups in total. The molecule has 0 fully saturated rings. The molecule has 0 spiro atoms. The van der Waals surface area contributed by atoms with E-state index in [1.807, 2.05) is 34.6 Å². The zero-order valence-electron chi connectivity index (χ0n) is 9.68. The molecule has 2 nitrogen and oxygen atoms in total. The minimum atomic E-state index is -0.276. The van der Waals surface area contributed by atoms with Gasteiger partial charge in [0, 0.05) is 13.0 Å². The quantitative estimate of drug-likeness (QED) is 0.674. The monoisotopic (exact) mass is 186 g/mol. The van der Waals surface area contributed by atoms with Gasteiger partial charge in [0.25, 0.3) is 0 Å². The number of hydrogen-bond acceptors (Lipinski definition) is 2. The van der Waals surface area contributed by atoms with Gasteiger partial charge in [0.2, 0.25) is 0 Å². The van der Waals surface area contributed by atoms with Crippen molar-refractivity contribution in [2.24, 2.45) is 11.3 Å².